The zero-order valence-electron chi connectivity index (χ0n) is 16.2. The van der Waals surface area contributed by atoms with Crippen molar-refractivity contribution in [1.82, 2.24) is 0 Å². The highest BCUT2D eigenvalue weighted by Gasteiger charge is 2.60. The van der Waals surface area contributed by atoms with Crippen molar-refractivity contribution in [2.45, 2.75) is 90.8 Å². The van der Waals surface area contributed by atoms with Crippen LogP contribution < -0.4 is 0 Å². The van der Waals surface area contributed by atoms with Gasteiger partial charge < -0.3 is 10.2 Å². The molecule has 24 heavy (non-hydrogen) atoms. The van der Waals surface area contributed by atoms with Crippen LogP contribution in [0, 0.1) is 46.8 Å². The summed E-state index contributed by atoms with van der Waals surface area (Å²) >= 11 is 0. The Bertz CT molecular complexity index is 484. The van der Waals surface area contributed by atoms with Gasteiger partial charge >= 0.3 is 0 Å². The average Bonchev–Trinajstić information content (AvgIpc) is 2.77. The fraction of sp³-hybridized carbons (Fsp3) is 1.00. The quantitative estimate of drug-likeness (QED) is 0.734. The van der Waals surface area contributed by atoms with Gasteiger partial charge in [0, 0.05) is 0 Å². The third-order valence-electron chi connectivity index (χ3n) is 9.20. The van der Waals surface area contributed by atoms with E-state index in [1.807, 2.05) is 6.92 Å². The van der Waals surface area contributed by atoms with Crippen LogP contribution in [0.2, 0.25) is 0 Å². The Labute approximate surface area is 148 Å². The molecule has 0 radical (unpaired) electrons. The number of hydrogen-bond acceptors (Lipinski definition) is 2. The van der Waals surface area contributed by atoms with Crippen LogP contribution in [0.15, 0.2) is 0 Å². The second-order valence-corrected chi connectivity index (χ2v) is 10.7. The smallest absolute Gasteiger partial charge is 0.0622 e. The van der Waals surface area contributed by atoms with Gasteiger partial charge in [0.05, 0.1) is 11.7 Å². The van der Waals surface area contributed by atoms with Gasteiger partial charge in [0.2, 0.25) is 0 Å². The third-order valence-corrected chi connectivity index (χ3v) is 9.20. The Balaban J connectivity index is 1.58. The van der Waals surface area contributed by atoms with Crippen molar-refractivity contribution in [2.75, 3.05) is 0 Å². The van der Waals surface area contributed by atoms with Crippen molar-refractivity contribution in [2.24, 2.45) is 46.8 Å². The van der Waals surface area contributed by atoms with Crippen molar-refractivity contribution in [3.05, 3.63) is 0 Å². The second-order valence-electron chi connectivity index (χ2n) is 10.7. The fourth-order valence-corrected chi connectivity index (χ4v) is 8.43. The minimum atomic E-state index is -0.407. The molecule has 4 saturated carbocycles. The van der Waals surface area contributed by atoms with E-state index in [0.717, 1.165) is 48.3 Å². The summed E-state index contributed by atoms with van der Waals surface area (Å²) in [5, 5.41) is 20.9. The lowest BCUT2D eigenvalue weighted by molar-refractivity contribution is -0.111. The number of fused-ring (bicyclic) bond motifs is 5. The number of aliphatic hydroxyl groups excluding tert-OH is 1. The summed E-state index contributed by atoms with van der Waals surface area (Å²) in [6.07, 6.45) is 9.76. The highest BCUT2D eigenvalue weighted by atomic mass is 16.3. The van der Waals surface area contributed by atoms with E-state index in [4.69, 9.17) is 0 Å². The molecule has 4 fully saturated rings. The van der Waals surface area contributed by atoms with Crippen molar-refractivity contribution in [3.8, 4) is 0 Å². The van der Waals surface area contributed by atoms with E-state index in [9.17, 15) is 10.2 Å². The van der Waals surface area contributed by atoms with E-state index in [1.54, 1.807) is 0 Å². The molecule has 0 bridgehead atoms. The van der Waals surface area contributed by atoms with E-state index in [0.29, 0.717) is 11.3 Å². The van der Waals surface area contributed by atoms with Gasteiger partial charge in [0.25, 0.3) is 0 Å². The van der Waals surface area contributed by atoms with E-state index in [-0.39, 0.29) is 6.10 Å². The van der Waals surface area contributed by atoms with Gasteiger partial charge in [-0.25, -0.2) is 0 Å². The van der Waals surface area contributed by atoms with Crippen molar-refractivity contribution in [1.29, 1.82) is 0 Å². The Morgan fingerprint density at radius 2 is 1.67 bits per heavy atom. The highest BCUT2D eigenvalue weighted by molar-refractivity contribution is 5.09. The maximum Gasteiger partial charge on any atom is 0.0622 e. The molecule has 0 heterocycles. The fourth-order valence-electron chi connectivity index (χ4n) is 8.43. The van der Waals surface area contributed by atoms with E-state index < -0.39 is 5.60 Å². The summed E-state index contributed by atoms with van der Waals surface area (Å²) in [4.78, 5) is 0. The molecule has 4 aliphatic rings. The van der Waals surface area contributed by atoms with Gasteiger partial charge in [-0.15, -0.1) is 0 Å². The summed E-state index contributed by atoms with van der Waals surface area (Å²) in [5.41, 5.74) is -0.0446. The lowest BCUT2D eigenvalue weighted by Crippen LogP contribution is -2.51. The van der Waals surface area contributed by atoms with Gasteiger partial charge in [-0.1, -0.05) is 13.8 Å². The Hall–Kier alpha value is -0.0800. The van der Waals surface area contributed by atoms with E-state index in [1.165, 1.54) is 38.5 Å². The minimum absolute atomic E-state index is 0.153. The van der Waals surface area contributed by atoms with Crippen LogP contribution in [0.5, 0.6) is 0 Å². The molecule has 10 atom stereocenters. The molecule has 0 aliphatic heterocycles. The van der Waals surface area contributed by atoms with Crippen LogP contribution in [-0.4, -0.2) is 21.9 Å². The summed E-state index contributed by atoms with van der Waals surface area (Å²) in [7, 11) is 0. The van der Waals surface area contributed by atoms with Crippen LogP contribution in [-0.2, 0) is 0 Å². The zero-order valence-corrected chi connectivity index (χ0v) is 16.2. The zero-order chi connectivity index (χ0) is 17.3. The monoisotopic (exact) mass is 334 g/mol. The second kappa shape index (κ2) is 5.71. The first-order chi connectivity index (χ1) is 11.2. The maximum atomic E-state index is 10.5. The van der Waals surface area contributed by atoms with Crippen molar-refractivity contribution < 1.29 is 10.2 Å². The van der Waals surface area contributed by atoms with Crippen LogP contribution >= 0.6 is 0 Å². The standard InChI is InChI=1S/C22H38O2/c1-13-11-19(14(2)23)22(4)10-8-17-16-7-9-21(3,24)12-15(16)5-6-18(17)20(13)22/h13-20,23-24H,5-12H2,1-4H3/t13-,14?,15-,16?,17-,18-,19-,20+,21-,22-/m1/s1. The molecular weight excluding hydrogens is 296 g/mol. The van der Waals surface area contributed by atoms with Gasteiger partial charge in [-0.3, -0.25) is 0 Å². The summed E-state index contributed by atoms with van der Waals surface area (Å²) in [5.74, 6) is 5.50. The largest absolute Gasteiger partial charge is 0.393 e. The highest BCUT2D eigenvalue weighted by Crippen LogP contribution is 2.66. The van der Waals surface area contributed by atoms with Crippen LogP contribution in [0.25, 0.3) is 0 Å². The molecule has 0 amide bonds. The predicted molar refractivity (Wildman–Crippen MR) is 97.5 cm³/mol. The number of rotatable bonds is 1. The minimum Gasteiger partial charge on any atom is -0.393 e. The first kappa shape index (κ1) is 17.3. The molecule has 2 N–H and O–H groups in total. The molecule has 2 nitrogen and oxygen atoms in total. The molecule has 138 valence electrons. The van der Waals surface area contributed by atoms with Crippen LogP contribution in [0.3, 0.4) is 0 Å². The Morgan fingerprint density at radius 1 is 0.958 bits per heavy atom. The normalized spacial score (nSPS) is 58.5. The molecule has 2 unspecified atom stereocenters. The van der Waals surface area contributed by atoms with Gasteiger partial charge in [0.15, 0.2) is 0 Å². The molecule has 4 rings (SSSR count). The van der Waals surface area contributed by atoms with Gasteiger partial charge in [-0.2, -0.15) is 0 Å². The third kappa shape index (κ3) is 2.50. The van der Waals surface area contributed by atoms with Gasteiger partial charge in [-0.05, 0) is 112 Å². The van der Waals surface area contributed by atoms with Crippen LogP contribution in [0.4, 0.5) is 0 Å². The molecular formula is C22H38O2. The molecule has 0 aromatic heterocycles. The molecule has 0 saturated heterocycles. The predicted octanol–water partition coefficient (Wildman–Crippen LogP) is 4.63. The van der Waals surface area contributed by atoms with E-state index >= 15 is 0 Å². The molecule has 4 aliphatic carbocycles. The van der Waals surface area contributed by atoms with Gasteiger partial charge in [0.1, 0.15) is 0 Å². The Morgan fingerprint density at radius 3 is 2.38 bits per heavy atom. The van der Waals surface area contributed by atoms with Crippen molar-refractivity contribution in [3.63, 3.8) is 0 Å². The topological polar surface area (TPSA) is 40.5 Å². The Kier molecular flexibility index (Phi) is 4.12. The molecule has 0 spiro atoms. The van der Waals surface area contributed by atoms with E-state index in [2.05, 4.69) is 20.8 Å². The molecule has 2 heteroatoms. The maximum absolute atomic E-state index is 10.5. The number of aliphatic hydroxyl groups is 2. The first-order valence-electron chi connectivity index (χ1n) is 10.6. The molecule has 0 aromatic rings. The summed E-state index contributed by atoms with van der Waals surface area (Å²) < 4.78 is 0. The summed E-state index contributed by atoms with van der Waals surface area (Å²) in [6, 6.07) is 0. The lowest BCUT2D eigenvalue weighted by atomic mass is 9.48. The van der Waals surface area contributed by atoms with Crippen molar-refractivity contribution >= 4 is 0 Å². The lowest BCUT2D eigenvalue weighted by Gasteiger charge is -2.57. The number of hydrogen-bond donors (Lipinski definition) is 2. The molecule has 0 aromatic carbocycles. The SMILES string of the molecule is CC(O)[C@H]1C[C@@H](C)[C@H]2[C@@H]3CC[C@@H]4C[C@](C)(O)CCC4[C@H]3CC[C@@]21C. The first-order valence-corrected chi connectivity index (χ1v) is 10.6. The van der Waals surface area contributed by atoms with Crippen LogP contribution in [0.1, 0.15) is 79.1 Å². The summed E-state index contributed by atoms with van der Waals surface area (Å²) in [6.45, 7) is 9.05. The average molecular weight is 335 g/mol.